The van der Waals surface area contributed by atoms with Crippen molar-refractivity contribution in [1.82, 2.24) is 0 Å². The van der Waals surface area contributed by atoms with Crippen LogP contribution in [0.25, 0.3) is 0 Å². The zero-order valence-electron chi connectivity index (χ0n) is 10.4. The van der Waals surface area contributed by atoms with E-state index >= 15 is 0 Å². The van der Waals surface area contributed by atoms with Crippen LogP contribution in [-0.2, 0) is 0 Å². The Labute approximate surface area is 105 Å². The highest BCUT2D eigenvalue weighted by molar-refractivity contribution is 5.68. The van der Waals surface area contributed by atoms with Crippen molar-refractivity contribution in [3.8, 4) is 11.5 Å². The van der Waals surface area contributed by atoms with Crippen LogP contribution in [0.5, 0.6) is 11.5 Å². The molecule has 0 aliphatic heterocycles. The number of hydrogen-bond acceptors (Lipinski definition) is 5. The van der Waals surface area contributed by atoms with Crippen molar-refractivity contribution < 1.29 is 14.4 Å². The third-order valence-corrected chi connectivity index (χ3v) is 3.16. The minimum atomic E-state index is -0.414. The van der Waals surface area contributed by atoms with Gasteiger partial charge < -0.3 is 14.8 Å². The lowest BCUT2D eigenvalue weighted by molar-refractivity contribution is -0.384. The summed E-state index contributed by atoms with van der Waals surface area (Å²) in [5.74, 6) is 0.855. The monoisotopic (exact) mass is 252 g/mol. The van der Waals surface area contributed by atoms with Crippen molar-refractivity contribution in [2.24, 2.45) is 0 Å². The van der Waals surface area contributed by atoms with Crippen LogP contribution in [0.15, 0.2) is 12.1 Å². The summed E-state index contributed by atoms with van der Waals surface area (Å²) in [6.45, 7) is 0. The molecule has 18 heavy (non-hydrogen) atoms. The second kappa shape index (κ2) is 5.12. The first-order chi connectivity index (χ1) is 8.65. The van der Waals surface area contributed by atoms with Gasteiger partial charge in [-0.3, -0.25) is 10.1 Å². The molecule has 0 radical (unpaired) electrons. The van der Waals surface area contributed by atoms with E-state index in [0.29, 0.717) is 23.2 Å². The highest BCUT2D eigenvalue weighted by atomic mass is 16.6. The molecule has 2 rings (SSSR count). The molecule has 0 heterocycles. The summed E-state index contributed by atoms with van der Waals surface area (Å²) in [5, 5.41) is 14.2. The quantitative estimate of drug-likeness (QED) is 0.644. The molecule has 98 valence electrons. The Kier molecular flexibility index (Phi) is 3.55. The second-order valence-corrected chi connectivity index (χ2v) is 4.25. The first kappa shape index (κ1) is 12.5. The van der Waals surface area contributed by atoms with Crippen molar-refractivity contribution in [3.05, 3.63) is 22.2 Å². The summed E-state index contributed by atoms with van der Waals surface area (Å²) >= 11 is 0. The van der Waals surface area contributed by atoms with Gasteiger partial charge in [-0.2, -0.15) is 0 Å². The van der Waals surface area contributed by atoms with Gasteiger partial charge in [0, 0.05) is 12.1 Å². The van der Waals surface area contributed by atoms with E-state index in [1.54, 1.807) is 6.07 Å². The van der Waals surface area contributed by atoms with E-state index < -0.39 is 4.92 Å². The molecule has 1 aromatic carbocycles. The number of nitrogens with zero attached hydrogens (tertiary/aromatic N) is 1. The molecule has 0 atom stereocenters. The molecule has 1 aliphatic carbocycles. The lowest BCUT2D eigenvalue weighted by Crippen LogP contribution is -2.27. The summed E-state index contributed by atoms with van der Waals surface area (Å²) in [6, 6.07) is 3.33. The van der Waals surface area contributed by atoms with E-state index in [9.17, 15) is 10.1 Å². The topological polar surface area (TPSA) is 73.6 Å². The first-order valence-electron chi connectivity index (χ1n) is 5.82. The molecule has 1 N–H and O–H groups in total. The van der Waals surface area contributed by atoms with E-state index in [-0.39, 0.29) is 5.69 Å². The lowest BCUT2D eigenvalue weighted by Gasteiger charge is -2.27. The van der Waals surface area contributed by atoms with E-state index in [2.05, 4.69) is 5.32 Å². The number of anilines is 1. The van der Waals surface area contributed by atoms with Crippen LogP contribution in [0, 0.1) is 10.1 Å². The maximum atomic E-state index is 11.0. The van der Waals surface area contributed by atoms with Crippen LogP contribution in [-0.4, -0.2) is 25.2 Å². The van der Waals surface area contributed by atoms with Crippen LogP contribution < -0.4 is 14.8 Å². The normalized spacial score (nSPS) is 14.8. The van der Waals surface area contributed by atoms with Gasteiger partial charge in [0.1, 0.15) is 5.69 Å². The van der Waals surface area contributed by atoms with Crippen molar-refractivity contribution in [1.29, 1.82) is 0 Å². The number of nitrogens with one attached hydrogen (secondary N) is 1. The Bertz CT molecular complexity index is 458. The van der Waals surface area contributed by atoms with E-state index in [4.69, 9.17) is 9.47 Å². The molecule has 0 unspecified atom stereocenters. The smallest absolute Gasteiger partial charge is 0.296 e. The summed E-state index contributed by atoms with van der Waals surface area (Å²) in [4.78, 5) is 10.6. The van der Waals surface area contributed by atoms with Crippen LogP contribution >= 0.6 is 0 Å². The van der Waals surface area contributed by atoms with Crippen molar-refractivity contribution in [2.75, 3.05) is 19.5 Å². The zero-order valence-corrected chi connectivity index (χ0v) is 10.4. The fourth-order valence-corrected chi connectivity index (χ4v) is 1.91. The molecule has 6 nitrogen and oxygen atoms in total. The molecule has 0 spiro atoms. The highest BCUT2D eigenvalue weighted by Crippen LogP contribution is 2.39. The Hall–Kier alpha value is -1.98. The minimum Gasteiger partial charge on any atom is -0.493 e. The number of nitro groups is 1. The van der Waals surface area contributed by atoms with Crippen LogP contribution in [0.4, 0.5) is 11.4 Å². The number of ether oxygens (including phenoxy) is 2. The molecule has 0 aromatic heterocycles. The molecular weight excluding hydrogens is 236 g/mol. The Morgan fingerprint density at radius 2 is 1.89 bits per heavy atom. The lowest BCUT2D eigenvalue weighted by atomic mass is 9.93. The number of nitro benzene ring substituents is 1. The first-order valence-corrected chi connectivity index (χ1v) is 5.82. The van der Waals surface area contributed by atoms with Crippen LogP contribution in [0.3, 0.4) is 0 Å². The van der Waals surface area contributed by atoms with Crippen LogP contribution in [0.1, 0.15) is 19.3 Å². The van der Waals surface area contributed by atoms with Gasteiger partial charge >= 0.3 is 0 Å². The maximum Gasteiger partial charge on any atom is 0.296 e. The fraction of sp³-hybridized carbons (Fsp3) is 0.500. The summed E-state index contributed by atoms with van der Waals surface area (Å²) in [6.07, 6.45) is 3.26. The van der Waals surface area contributed by atoms with Gasteiger partial charge in [-0.05, 0) is 19.3 Å². The average Bonchev–Trinajstić information content (AvgIpc) is 2.32. The molecular formula is C12H16N2O4. The van der Waals surface area contributed by atoms with Gasteiger partial charge in [0.05, 0.1) is 25.2 Å². The Balaban J connectivity index is 2.36. The van der Waals surface area contributed by atoms with Crippen molar-refractivity contribution in [2.45, 2.75) is 25.3 Å². The molecule has 6 heteroatoms. The number of rotatable bonds is 5. The largest absolute Gasteiger partial charge is 0.493 e. The van der Waals surface area contributed by atoms with E-state index in [1.807, 2.05) is 0 Å². The molecule has 1 fully saturated rings. The standard InChI is InChI=1S/C12H16N2O4/c1-17-11-6-9(13-8-4-3-5-8)10(14(15)16)7-12(11)18-2/h6-8,13H,3-5H2,1-2H3. The van der Waals surface area contributed by atoms with E-state index in [1.165, 1.54) is 26.7 Å². The Morgan fingerprint density at radius 1 is 1.28 bits per heavy atom. The SMILES string of the molecule is COc1cc(NC2CCC2)c([N+](=O)[O-])cc1OC. The average molecular weight is 252 g/mol. The molecule has 0 bridgehead atoms. The minimum absolute atomic E-state index is 0.0135. The molecule has 1 aromatic rings. The third-order valence-electron chi connectivity index (χ3n) is 3.16. The van der Waals surface area contributed by atoms with E-state index in [0.717, 1.165) is 12.8 Å². The molecule has 1 aliphatic rings. The number of hydrogen-bond donors (Lipinski definition) is 1. The van der Waals surface area contributed by atoms with Crippen molar-refractivity contribution in [3.63, 3.8) is 0 Å². The fourth-order valence-electron chi connectivity index (χ4n) is 1.91. The number of methoxy groups -OCH3 is 2. The zero-order chi connectivity index (χ0) is 13.1. The van der Waals surface area contributed by atoms with Gasteiger partial charge in [0.2, 0.25) is 0 Å². The predicted molar refractivity (Wildman–Crippen MR) is 67.5 cm³/mol. The van der Waals surface area contributed by atoms with Gasteiger partial charge in [0.15, 0.2) is 11.5 Å². The number of benzene rings is 1. The maximum absolute atomic E-state index is 11.0. The van der Waals surface area contributed by atoms with Gasteiger partial charge in [-0.15, -0.1) is 0 Å². The Morgan fingerprint density at radius 3 is 2.33 bits per heavy atom. The van der Waals surface area contributed by atoms with Crippen molar-refractivity contribution >= 4 is 11.4 Å². The predicted octanol–water partition coefficient (Wildman–Crippen LogP) is 2.58. The van der Waals surface area contributed by atoms with Gasteiger partial charge in [-0.25, -0.2) is 0 Å². The molecule has 1 saturated carbocycles. The molecule has 0 saturated heterocycles. The molecule has 0 amide bonds. The second-order valence-electron chi connectivity index (χ2n) is 4.25. The summed E-state index contributed by atoms with van der Waals surface area (Å²) in [7, 11) is 2.97. The highest BCUT2D eigenvalue weighted by Gasteiger charge is 2.24. The summed E-state index contributed by atoms with van der Waals surface area (Å²) < 4.78 is 10.2. The van der Waals surface area contributed by atoms with Gasteiger partial charge in [-0.1, -0.05) is 0 Å². The third kappa shape index (κ3) is 2.32. The van der Waals surface area contributed by atoms with Crippen LogP contribution in [0.2, 0.25) is 0 Å². The summed E-state index contributed by atoms with van der Waals surface area (Å²) in [5.41, 5.74) is 0.502. The van der Waals surface area contributed by atoms with Gasteiger partial charge in [0.25, 0.3) is 5.69 Å².